The largest absolute Gasteiger partial charge is 0.458 e. The molecule has 5 atom stereocenters. The number of fused-ring (bicyclic) bond motifs is 5. The van der Waals surface area contributed by atoms with Gasteiger partial charge in [-0.1, -0.05) is 6.08 Å². The van der Waals surface area contributed by atoms with Crippen LogP contribution < -0.4 is 0 Å². The van der Waals surface area contributed by atoms with Crippen molar-refractivity contribution in [3.8, 4) is 0 Å². The molecule has 2 fully saturated rings. The van der Waals surface area contributed by atoms with E-state index in [4.69, 9.17) is 4.74 Å². The van der Waals surface area contributed by atoms with Gasteiger partial charge in [0.2, 0.25) is 0 Å². The predicted molar refractivity (Wildman–Crippen MR) is 52.5 cm³/mol. The molecule has 2 unspecified atom stereocenters. The van der Waals surface area contributed by atoms with E-state index in [-0.39, 0.29) is 12.1 Å². The lowest BCUT2D eigenvalue weighted by Crippen LogP contribution is -2.29. The summed E-state index contributed by atoms with van der Waals surface area (Å²) in [5.41, 5.74) is 0. The van der Waals surface area contributed by atoms with E-state index in [1.165, 1.54) is 26.2 Å². The third-order valence-electron chi connectivity index (χ3n) is 4.25. The van der Waals surface area contributed by atoms with Crippen molar-refractivity contribution in [1.29, 1.82) is 0 Å². The first-order chi connectivity index (χ1) is 6.75. The van der Waals surface area contributed by atoms with Crippen molar-refractivity contribution in [1.82, 2.24) is 0 Å². The summed E-state index contributed by atoms with van der Waals surface area (Å²) in [4.78, 5) is 10.9. The lowest BCUT2D eigenvalue weighted by Gasteiger charge is -2.28. The lowest BCUT2D eigenvalue weighted by atomic mass is 9.80. The zero-order chi connectivity index (χ0) is 9.71. The fourth-order valence-electron chi connectivity index (χ4n) is 3.83. The second-order valence-corrected chi connectivity index (χ2v) is 4.95. The molecule has 2 nitrogen and oxygen atoms in total. The molecular formula is C12H16O2. The molecule has 0 aromatic rings. The number of hydrogen-bond donors (Lipinski definition) is 0. The minimum atomic E-state index is -0.136. The molecule has 0 heterocycles. The molecule has 3 aliphatic rings. The van der Waals surface area contributed by atoms with Crippen molar-refractivity contribution >= 4 is 5.97 Å². The Hall–Kier alpha value is -0.790. The van der Waals surface area contributed by atoms with Crippen LogP contribution >= 0.6 is 0 Å². The minimum absolute atomic E-state index is 0.0906. The Morgan fingerprint density at radius 3 is 2.86 bits per heavy atom. The van der Waals surface area contributed by atoms with Gasteiger partial charge >= 0.3 is 5.97 Å². The standard InChI is InChI=1S/C12H16O2/c1-7(13)14-11-5-4-10-8-2-3-9(6-8)12(10)11/h4-5,8-12H,2-3,6H2,1H3/t8-,9+,10?,11-,12?/m0/s1. The normalized spacial score (nSPS) is 48.2. The van der Waals surface area contributed by atoms with Crippen LogP contribution in [-0.4, -0.2) is 12.1 Å². The zero-order valence-electron chi connectivity index (χ0n) is 8.48. The van der Waals surface area contributed by atoms with Crippen molar-refractivity contribution in [3.63, 3.8) is 0 Å². The van der Waals surface area contributed by atoms with Gasteiger partial charge in [0.15, 0.2) is 0 Å². The maximum Gasteiger partial charge on any atom is 0.303 e. The number of carbonyl (C=O) groups excluding carboxylic acids is 1. The van der Waals surface area contributed by atoms with E-state index in [0.29, 0.717) is 5.92 Å². The average molecular weight is 192 g/mol. The maximum absolute atomic E-state index is 10.9. The first kappa shape index (κ1) is 8.51. The van der Waals surface area contributed by atoms with Gasteiger partial charge in [-0.3, -0.25) is 4.79 Å². The fourth-order valence-corrected chi connectivity index (χ4v) is 3.83. The highest BCUT2D eigenvalue weighted by molar-refractivity contribution is 5.66. The Morgan fingerprint density at radius 2 is 2.07 bits per heavy atom. The fraction of sp³-hybridized carbons (Fsp3) is 0.750. The van der Waals surface area contributed by atoms with Crippen molar-refractivity contribution in [2.45, 2.75) is 32.3 Å². The van der Waals surface area contributed by atoms with Gasteiger partial charge in [-0.15, -0.1) is 0 Å². The number of rotatable bonds is 1. The summed E-state index contributed by atoms with van der Waals surface area (Å²) in [6.45, 7) is 1.51. The van der Waals surface area contributed by atoms with Gasteiger partial charge in [0.05, 0.1) is 0 Å². The summed E-state index contributed by atoms with van der Waals surface area (Å²) in [6.07, 6.45) is 8.61. The van der Waals surface area contributed by atoms with Crippen LogP contribution in [0.3, 0.4) is 0 Å². The van der Waals surface area contributed by atoms with Crippen LogP contribution in [0.5, 0.6) is 0 Å². The van der Waals surface area contributed by atoms with Gasteiger partial charge in [-0.05, 0) is 43.1 Å². The monoisotopic (exact) mass is 192 g/mol. The van der Waals surface area contributed by atoms with Gasteiger partial charge in [0.1, 0.15) is 6.10 Å². The SMILES string of the molecule is CC(=O)O[C@H]1C=CC2C1[C@@H]1CC[C@H]2C1. The molecule has 0 spiro atoms. The molecule has 3 rings (SSSR count). The predicted octanol–water partition coefficient (Wildman–Crippen LogP) is 2.15. The summed E-state index contributed by atoms with van der Waals surface area (Å²) in [7, 11) is 0. The highest BCUT2D eigenvalue weighted by atomic mass is 16.5. The highest BCUT2D eigenvalue weighted by Gasteiger charge is 2.52. The van der Waals surface area contributed by atoms with E-state index in [9.17, 15) is 4.79 Å². The highest BCUT2D eigenvalue weighted by Crippen LogP contribution is 2.56. The van der Waals surface area contributed by atoms with Crippen LogP contribution in [-0.2, 0) is 9.53 Å². The molecule has 0 aliphatic heterocycles. The minimum Gasteiger partial charge on any atom is -0.458 e. The van der Waals surface area contributed by atoms with Crippen LogP contribution in [0.15, 0.2) is 12.2 Å². The molecule has 0 radical (unpaired) electrons. The van der Waals surface area contributed by atoms with Gasteiger partial charge in [0, 0.05) is 12.8 Å². The van der Waals surface area contributed by atoms with Crippen molar-refractivity contribution < 1.29 is 9.53 Å². The Labute approximate surface area is 84.3 Å². The lowest BCUT2D eigenvalue weighted by molar-refractivity contribution is -0.147. The number of ether oxygens (including phenoxy) is 1. The summed E-state index contributed by atoms with van der Waals surface area (Å²) in [5.74, 6) is 2.92. The quantitative estimate of drug-likeness (QED) is 0.470. The number of hydrogen-bond acceptors (Lipinski definition) is 2. The van der Waals surface area contributed by atoms with Crippen LogP contribution in [0.25, 0.3) is 0 Å². The molecule has 14 heavy (non-hydrogen) atoms. The molecular weight excluding hydrogens is 176 g/mol. The zero-order valence-corrected chi connectivity index (χ0v) is 8.48. The summed E-state index contributed by atoms with van der Waals surface area (Å²) < 4.78 is 5.35. The summed E-state index contributed by atoms with van der Waals surface area (Å²) >= 11 is 0. The first-order valence-corrected chi connectivity index (χ1v) is 5.61. The van der Waals surface area contributed by atoms with E-state index >= 15 is 0 Å². The van der Waals surface area contributed by atoms with Gasteiger partial charge < -0.3 is 4.74 Å². The smallest absolute Gasteiger partial charge is 0.303 e. The second-order valence-electron chi connectivity index (χ2n) is 4.95. The van der Waals surface area contributed by atoms with Crippen molar-refractivity contribution in [2.24, 2.45) is 23.7 Å². The van der Waals surface area contributed by atoms with E-state index in [1.54, 1.807) is 0 Å². The molecule has 3 aliphatic carbocycles. The maximum atomic E-state index is 10.9. The number of carbonyl (C=O) groups is 1. The van der Waals surface area contributed by atoms with Crippen LogP contribution in [0.2, 0.25) is 0 Å². The Bertz CT molecular complexity index is 295. The molecule has 0 saturated heterocycles. The molecule has 0 aromatic carbocycles. The molecule has 2 heteroatoms. The first-order valence-electron chi connectivity index (χ1n) is 5.61. The summed E-state index contributed by atoms with van der Waals surface area (Å²) in [6, 6.07) is 0. The van der Waals surface area contributed by atoms with Crippen molar-refractivity contribution in [3.05, 3.63) is 12.2 Å². The number of esters is 1. The Morgan fingerprint density at radius 1 is 1.29 bits per heavy atom. The van der Waals surface area contributed by atoms with E-state index in [1.807, 2.05) is 0 Å². The molecule has 76 valence electrons. The van der Waals surface area contributed by atoms with E-state index < -0.39 is 0 Å². The average Bonchev–Trinajstić information content (AvgIpc) is 2.74. The molecule has 2 bridgehead atoms. The topological polar surface area (TPSA) is 26.3 Å². The molecule has 0 N–H and O–H groups in total. The van der Waals surface area contributed by atoms with Crippen LogP contribution in [0, 0.1) is 23.7 Å². The second kappa shape index (κ2) is 2.85. The third-order valence-corrected chi connectivity index (χ3v) is 4.25. The summed E-state index contributed by atoms with van der Waals surface area (Å²) in [5, 5.41) is 0. The van der Waals surface area contributed by atoms with Crippen molar-refractivity contribution in [2.75, 3.05) is 0 Å². The van der Waals surface area contributed by atoms with Gasteiger partial charge in [-0.2, -0.15) is 0 Å². The Balaban J connectivity index is 1.79. The molecule has 0 aromatic heterocycles. The number of allylic oxidation sites excluding steroid dienone is 1. The third kappa shape index (κ3) is 1.06. The molecule has 2 saturated carbocycles. The van der Waals surface area contributed by atoms with Crippen LogP contribution in [0.4, 0.5) is 0 Å². The Kier molecular flexibility index (Phi) is 1.73. The van der Waals surface area contributed by atoms with E-state index in [0.717, 1.165) is 17.8 Å². The van der Waals surface area contributed by atoms with Gasteiger partial charge in [-0.25, -0.2) is 0 Å². The molecule has 0 amide bonds. The van der Waals surface area contributed by atoms with Gasteiger partial charge in [0.25, 0.3) is 0 Å². The van der Waals surface area contributed by atoms with E-state index in [2.05, 4.69) is 12.2 Å². The van der Waals surface area contributed by atoms with Crippen LogP contribution in [0.1, 0.15) is 26.2 Å².